The minimum Gasteiger partial charge on any atom is -0.507 e. The van der Waals surface area contributed by atoms with Gasteiger partial charge in [0.1, 0.15) is 18.1 Å². The second-order valence-corrected chi connectivity index (χ2v) is 5.80. The lowest BCUT2D eigenvalue weighted by molar-refractivity contribution is 0.296. The molecule has 2 aromatic heterocycles. The van der Waals surface area contributed by atoms with Crippen LogP contribution in [0.25, 0.3) is 16.2 Å². The SMILES string of the molecule is Oc1ccccc1-c1csc2nc(COc3ccccc3)nn12. The van der Waals surface area contributed by atoms with Gasteiger partial charge in [0.2, 0.25) is 4.96 Å². The van der Waals surface area contributed by atoms with Crippen LogP contribution in [0, 0.1) is 0 Å². The van der Waals surface area contributed by atoms with Crippen molar-refractivity contribution in [3.05, 3.63) is 65.8 Å². The van der Waals surface area contributed by atoms with Crippen LogP contribution in [0.5, 0.6) is 11.5 Å². The molecule has 0 unspecified atom stereocenters. The first-order valence-electron chi connectivity index (χ1n) is 7.10. The number of phenolic OH excluding ortho intramolecular Hbond substituents is 1. The number of hydrogen-bond donors (Lipinski definition) is 1. The van der Waals surface area contributed by atoms with Gasteiger partial charge in [0.15, 0.2) is 5.82 Å². The van der Waals surface area contributed by atoms with Crippen LogP contribution in [0.15, 0.2) is 60.0 Å². The Hall–Kier alpha value is -2.86. The lowest BCUT2D eigenvalue weighted by Gasteiger charge is -2.03. The Kier molecular flexibility index (Phi) is 3.44. The Bertz CT molecular complexity index is 947. The Labute approximate surface area is 136 Å². The normalized spacial score (nSPS) is 11.0. The maximum Gasteiger partial charge on any atom is 0.212 e. The van der Waals surface area contributed by atoms with Crippen molar-refractivity contribution >= 4 is 16.3 Å². The minimum atomic E-state index is 0.227. The van der Waals surface area contributed by atoms with Gasteiger partial charge in [0.05, 0.1) is 5.69 Å². The fourth-order valence-corrected chi connectivity index (χ4v) is 3.16. The molecule has 0 fully saturated rings. The highest BCUT2D eigenvalue weighted by atomic mass is 32.1. The van der Waals surface area contributed by atoms with Gasteiger partial charge in [0.25, 0.3) is 0 Å². The zero-order valence-corrected chi connectivity index (χ0v) is 12.9. The Morgan fingerprint density at radius 3 is 2.65 bits per heavy atom. The molecule has 2 heterocycles. The fraction of sp³-hybridized carbons (Fsp3) is 0.0588. The second kappa shape index (κ2) is 5.73. The zero-order valence-electron chi connectivity index (χ0n) is 12.1. The van der Waals surface area contributed by atoms with Crippen LogP contribution < -0.4 is 4.74 Å². The minimum absolute atomic E-state index is 0.227. The molecule has 23 heavy (non-hydrogen) atoms. The predicted octanol–water partition coefficient (Wildman–Crippen LogP) is 3.74. The van der Waals surface area contributed by atoms with Crippen molar-refractivity contribution < 1.29 is 9.84 Å². The Balaban J connectivity index is 1.63. The Morgan fingerprint density at radius 2 is 1.83 bits per heavy atom. The molecule has 0 atom stereocenters. The van der Waals surface area contributed by atoms with Crippen molar-refractivity contribution in [3.63, 3.8) is 0 Å². The van der Waals surface area contributed by atoms with E-state index < -0.39 is 0 Å². The van der Waals surface area contributed by atoms with Gasteiger partial charge < -0.3 is 9.84 Å². The van der Waals surface area contributed by atoms with E-state index >= 15 is 0 Å². The molecule has 4 rings (SSSR count). The largest absolute Gasteiger partial charge is 0.507 e. The van der Waals surface area contributed by atoms with Crippen LogP contribution in [0.2, 0.25) is 0 Å². The number of nitrogens with zero attached hydrogens (tertiary/aromatic N) is 3. The van der Waals surface area contributed by atoms with Crippen molar-refractivity contribution in [1.82, 2.24) is 14.6 Å². The number of hydrogen-bond acceptors (Lipinski definition) is 5. The molecule has 0 aliphatic carbocycles. The van der Waals surface area contributed by atoms with E-state index in [1.165, 1.54) is 11.3 Å². The molecule has 0 saturated heterocycles. The highest BCUT2D eigenvalue weighted by Gasteiger charge is 2.14. The standard InChI is InChI=1S/C17H13N3O2S/c21-15-9-5-4-8-13(15)14-11-23-17-18-16(19-20(14)17)10-22-12-6-2-1-3-7-12/h1-9,11,21H,10H2. The van der Waals surface area contributed by atoms with Crippen molar-refractivity contribution in [2.45, 2.75) is 6.61 Å². The number of fused-ring (bicyclic) bond motifs is 1. The maximum absolute atomic E-state index is 10.0. The number of thiazole rings is 1. The first kappa shape index (κ1) is 13.8. The Morgan fingerprint density at radius 1 is 1.04 bits per heavy atom. The molecular formula is C17H13N3O2S. The molecule has 1 N–H and O–H groups in total. The van der Waals surface area contributed by atoms with Crippen molar-refractivity contribution in [3.8, 4) is 22.8 Å². The predicted molar refractivity (Wildman–Crippen MR) is 88.7 cm³/mol. The van der Waals surface area contributed by atoms with Crippen LogP contribution in [-0.4, -0.2) is 19.7 Å². The summed E-state index contributed by atoms with van der Waals surface area (Å²) in [5.74, 6) is 1.62. The van der Waals surface area contributed by atoms with E-state index in [2.05, 4.69) is 10.1 Å². The van der Waals surface area contributed by atoms with Crippen molar-refractivity contribution in [2.75, 3.05) is 0 Å². The summed E-state index contributed by atoms with van der Waals surface area (Å²) in [6, 6.07) is 16.8. The summed E-state index contributed by atoms with van der Waals surface area (Å²) in [5, 5.41) is 16.4. The molecule has 114 valence electrons. The quantitative estimate of drug-likeness (QED) is 0.621. The average Bonchev–Trinajstić information content (AvgIpc) is 3.15. The smallest absolute Gasteiger partial charge is 0.212 e. The molecule has 0 saturated carbocycles. The van der Waals surface area contributed by atoms with Gasteiger partial charge in [-0.1, -0.05) is 30.3 Å². The summed E-state index contributed by atoms with van der Waals surface area (Å²) in [4.78, 5) is 5.24. The van der Waals surface area contributed by atoms with Crippen molar-refractivity contribution in [2.24, 2.45) is 0 Å². The van der Waals surface area contributed by atoms with Gasteiger partial charge in [-0.2, -0.15) is 4.98 Å². The van der Waals surface area contributed by atoms with E-state index in [1.807, 2.05) is 47.8 Å². The first-order valence-corrected chi connectivity index (χ1v) is 7.98. The molecule has 0 bridgehead atoms. The summed E-state index contributed by atoms with van der Waals surface area (Å²) in [6.45, 7) is 0.304. The molecular weight excluding hydrogens is 310 g/mol. The summed E-state index contributed by atoms with van der Waals surface area (Å²) in [5.41, 5.74) is 1.56. The van der Waals surface area contributed by atoms with E-state index in [1.54, 1.807) is 16.6 Å². The highest BCUT2D eigenvalue weighted by Crippen LogP contribution is 2.31. The number of benzene rings is 2. The van der Waals surface area contributed by atoms with Crippen LogP contribution in [0.3, 0.4) is 0 Å². The summed E-state index contributed by atoms with van der Waals surface area (Å²) in [7, 11) is 0. The van der Waals surface area contributed by atoms with Crippen LogP contribution in [0.4, 0.5) is 0 Å². The third-order valence-electron chi connectivity index (χ3n) is 3.42. The fourth-order valence-electron chi connectivity index (χ4n) is 2.32. The molecule has 0 spiro atoms. The third kappa shape index (κ3) is 2.64. The van der Waals surface area contributed by atoms with Gasteiger partial charge >= 0.3 is 0 Å². The first-order chi connectivity index (χ1) is 11.3. The number of ether oxygens (including phenoxy) is 1. The third-order valence-corrected chi connectivity index (χ3v) is 4.23. The number of aromatic nitrogens is 3. The molecule has 5 nitrogen and oxygen atoms in total. The van der Waals surface area contributed by atoms with Gasteiger partial charge in [-0.05, 0) is 24.3 Å². The molecule has 6 heteroatoms. The lowest BCUT2D eigenvalue weighted by atomic mass is 10.1. The van der Waals surface area contributed by atoms with Crippen molar-refractivity contribution in [1.29, 1.82) is 0 Å². The molecule has 4 aromatic rings. The number of rotatable bonds is 4. The molecule has 2 aromatic carbocycles. The topological polar surface area (TPSA) is 59.7 Å². The van der Waals surface area contributed by atoms with Gasteiger partial charge in [-0.25, -0.2) is 4.52 Å². The second-order valence-electron chi connectivity index (χ2n) is 4.96. The summed E-state index contributed by atoms with van der Waals surface area (Å²) in [6.07, 6.45) is 0. The lowest BCUT2D eigenvalue weighted by Crippen LogP contribution is -1.98. The monoisotopic (exact) mass is 323 g/mol. The van der Waals surface area contributed by atoms with Crippen LogP contribution >= 0.6 is 11.3 Å². The summed E-state index contributed by atoms with van der Waals surface area (Å²) < 4.78 is 7.42. The molecule has 0 aliphatic heterocycles. The van der Waals surface area contributed by atoms with E-state index in [0.29, 0.717) is 12.4 Å². The van der Waals surface area contributed by atoms with Crippen LogP contribution in [-0.2, 0) is 6.61 Å². The molecule has 0 amide bonds. The molecule has 0 radical (unpaired) electrons. The van der Waals surface area contributed by atoms with E-state index in [0.717, 1.165) is 22.0 Å². The number of para-hydroxylation sites is 2. The zero-order chi connectivity index (χ0) is 15.6. The average molecular weight is 323 g/mol. The summed E-state index contributed by atoms with van der Waals surface area (Å²) >= 11 is 1.48. The van der Waals surface area contributed by atoms with E-state index in [-0.39, 0.29) is 5.75 Å². The number of phenols is 1. The van der Waals surface area contributed by atoms with Gasteiger partial charge in [-0.3, -0.25) is 0 Å². The number of aromatic hydroxyl groups is 1. The molecule has 0 aliphatic rings. The highest BCUT2D eigenvalue weighted by molar-refractivity contribution is 7.15. The van der Waals surface area contributed by atoms with Gasteiger partial charge in [-0.15, -0.1) is 16.4 Å². The van der Waals surface area contributed by atoms with Gasteiger partial charge in [0, 0.05) is 10.9 Å². The van der Waals surface area contributed by atoms with E-state index in [4.69, 9.17) is 4.74 Å². The van der Waals surface area contributed by atoms with E-state index in [9.17, 15) is 5.11 Å². The van der Waals surface area contributed by atoms with Crippen LogP contribution in [0.1, 0.15) is 5.82 Å². The maximum atomic E-state index is 10.0.